The van der Waals surface area contributed by atoms with Gasteiger partial charge in [0, 0.05) is 32.4 Å². The Morgan fingerprint density at radius 3 is 1.31 bits per heavy atom. The minimum atomic E-state index is -1.15. The van der Waals surface area contributed by atoms with Crippen molar-refractivity contribution in [2.45, 2.75) is 122 Å². The van der Waals surface area contributed by atoms with E-state index < -0.39 is 42.3 Å². The van der Waals surface area contributed by atoms with Crippen molar-refractivity contribution in [2.75, 3.05) is 72.5 Å². The van der Waals surface area contributed by atoms with E-state index in [1.165, 1.54) is 38.5 Å². The molecule has 55 heavy (non-hydrogen) atoms. The van der Waals surface area contributed by atoms with Crippen LogP contribution in [0.25, 0.3) is 0 Å². The van der Waals surface area contributed by atoms with Crippen molar-refractivity contribution < 1.29 is 67.8 Å². The molecule has 1 unspecified atom stereocenters. The number of amides is 4. The molecule has 7 N–H and O–H groups in total. The van der Waals surface area contributed by atoms with Crippen LogP contribution in [0.3, 0.4) is 0 Å². The van der Waals surface area contributed by atoms with Gasteiger partial charge in [0.1, 0.15) is 25.8 Å². The number of hydrogen-bond acceptors (Lipinski definition) is 11. The lowest BCUT2D eigenvalue weighted by Crippen LogP contribution is -2.47. The Bertz CT molecular complexity index is 1080. The summed E-state index contributed by atoms with van der Waals surface area (Å²) in [6.45, 7) is 0.364. The molecule has 0 saturated carbocycles. The molecule has 0 saturated heterocycles. The average molecular weight is 791 g/mol. The molecular weight excluding hydrogens is 724 g/mol. The Balaban J connectivity index is 3.85. The summed E-state index contributed by atoms with van der Waals surface area (Å²) in [6, 6.07) is -0.966. The van der Waals surface area contributed by atoms with Crippen LogP contribution in [0.15, 0.2) is 0 Å². The van der Waals surface area contributed by atoms with Gasteiger partial charge in [-0.1, -0.05) is 77.0 Å². The highest BCUT2D eigenvalue weighted by molar-refractivity contribution is 5.88. The number of carbonyl (C=O) groups is 7. The lowest BCUT2D eigenvalue weighted by Gasteiger charge is -2.18. The van der Waals surface area contributed by atoms with Crippen molar-refractivity contribution in [3.63, 3.8) is 0 Å². The molecule has 0 aliphatic carbocycles. The molecule has 0 heterocycles. The standard InChI is InChI=1S/C37H66N4O14/c42-31(15-13-11-9-7-5-3-1-2-4-6-8-10-12-14-16-34(45)46)41-30(17-18-35(47)48)37(51)39-20-22-53-24-25-54-28-32(43)38-19-21-52-23-26-55-29-33(44)40-27-36(49)50/h30H,1-29H2,(H,38,43)(H,39,51)(H,40,44)(H,41,42)(H,45,46)(H,47,48)(H,49,50). The molecule has 0 aromatic heterocycles. The monoisotopic (exact) mass is 790 g/mol. The maximum atomic E-state index is 12.7. The molecule has 0 radical (unpaired) electrons. The predicted molar refractivity (Wildman–Crippen MR) is 200 cm³/mol. The third kappa shape index (κ3) is 38.2. The van der Waals surface area contributed by atoms with Crippen LogP contribution >= 0.6 is 0 Å². The topological polar surface area (TPSA) is 265 Å². The molecule has 4 amide bonds. The van der Waals surface area contributed by atoms with Crippen LogP contribution in [0.2, 0.25) is 0 Å². The van der Waals surface area contributed by atoms with Crippen LogP contribution in [-0.4, -0.2) is 135 Å². The zero-order valence-electron chi connectivity index (χ0n) is 32.4. The number of ether oxygens (including phenoxy) is 4. The first kappa shape index (κ1) is 51.1. The Hall–Kier alpha value is -3.87. The van der Waals surface area contributed by atoms with Gasteiger partial charge in [-0.25, -0.2) is 0 Å². The Kier molecular flexibility index (Phi) is 34.5. The molecule has 0 aromatic rings. The third-order valence-corrected chi connectivity index (χ3v) is 8.10. The van der Waals surface area contributed by atoms with E-state index in [9.17, 15) is 33.6 Å². The van der Waals surface area contributed by atoms with Gasteiger partial charge in [-0.05, 0) is 19.3 Å². The summed E-state index contributed by atoms with van der Waals surface area (Å²) in [5.74, 6) is -4.62. The minimum absolute atomic E-state index is 0.0331. The lowest BCUT2D eigenvalue weighted by atomic mass is 10.0. The van der Waals surface area contributed by atoms with E-state index in [0.29, 0.717) is 6.42 Å². The SMILES string of the molecule is O=C(O)CCCCCCCCCCCCCCCCC(=O)NC(CCC(=O)O)C(=O)NCCOCCOCC(=O)NCCOCCOCC(=O)NCC(=O)O. The number of rotatable bonds is 40. The molecule has 0 rings (SSSR count). The van der Waals surface area contributed by atoms with Gasteiger partial charge in [0.05, 0.1) is 39.6 Å². The second-order valence-electron chi connectivity index (χ2n) is 13.0. The Labute approximate surface area is 324 Å². The van der Waals surface area contributed by atoms with Crippen molar-refractivity contribution in [1.29, 1.82) is 0 Å². The number of carboxylic acids is 3. The molecule has 1 atom stereocenters. The number of aliphatic carboxylic acids is 3. The molecule has 318 valence electrons. The fraction of sp³-hybridized carbons (Fsp3) is 0.811. The van der Waals surface area contributed by atoms with E-state index in [-0.39, 0.29) is 103 Å². The van der Waals surface area contributed by atoms with Crippen LogP contribution < -0.4 is 21.3 Å². The summed E-state index contributed by atoms with van der Waals surface area (Å²) in [6.07, 6.45) is 15.2. The molecular formula is C37H66N4O14. The molecule has 0 spiro atoms. The highest BCUT2D eigenvalue weighted by atomic mass is 16.5. The predicted octanol–water partition coefficient (Wildman–Crippen LogP) is 2.16. The lowest BCUT2D eigenvalue weighted by molar-refractivity contribution is -0.139. The van der Waals surface area contributed by atoms with Gasteiger partial charge in [0.15, 0.2) is 0 Å². The largest absolute Gasteiger partial charge is 0.481 e. The molecule has 0 fully saturated rings. The van der Waals surface area contributed by atoms with Crippen LogP contribution in [0, 0.1) is 0 Å². The highest BCUT2D eigenvalue weighted by Gasteiger charge is 2.21. The molecule has 0 aliphatic heterocycles. The van der Waals surface area contributed by atoms with E-state index in [2.05, 4.69) is 21.3 Å². The summed E-state index contributed by atoms with van der Waals surface area (Å²) in [5.41, 5.74) is 0. The number of hydrogen-bond donors (Lipinski definition) is 7. The van der Waals surface area contributed by atoms with Gasteiger partial charge in [-0.15, -0.1) is 0 Å². The van der Waals surface area contributed by atoms with E-state index in [0.717, 1.165) is 44.9 Å². The minimum Gasteiger partial charge on any atom is -0.481 e. The third-order valence-electron chi connectivity index (χ3n) is 8.10. The van der Waals surface area contributed by atoms with Gasteiger partial charge in [-0.3, -0.25) is 33.6 Å². The first-order valence-electron chi connectivity index (χ1n) is 19.6. The first-order chi connectivity index (χ1) is 26.5. The summed E-state index contributed by atoms with van der Waals surface area (Å²) in [7, 11) is 0. The molecule has 18 nitrogen and oxygen atoms in total. The fourth-order valence-electron chi connectivity index (χ4n) is 5.16. The van der Waals surface area contributed by atoms with Gasteiger partial charge in [-0.2, -0.15) is 0 Å². The number of carboxylic acid groups (broad SMARTS) is 3. The molecule has 0 aliphatic rings. The zero-order valence-corrected chi connectivity index (χ0v) is 32.4. The van der Waals surface area contributed by atoms with Gasteiger partial charge >= 0.3 is 17.9 Å². The van der Waals surface area contributed by atoms with Crippen molar-refractivity contribution in [1.82, 2.24) is 21.3 Å². The van der Waals surface area contributed by atoms with Crippen molar-refractivity contribution in [2.24, 2.45) is 0 Å². The molecule has 0 aromatic carbocycles. The van der Waals surface area contributed by atoms with Crippen LogP contribution in [0.5, 0.6) is 0 Å². The van der Waals surface area contributed by atoms with E-state index in [1.807, 2.05) is 0 Å². The summed E-state index contributed by atoms with van der Waals surface area (Å²) < 4.78 is 21.0. The van der Waals surface area contributed by atoms with Crippen LogP contribution in [0.4, 0.5) is 0 Å². The van der Waals surface area contributed by atoms with Gasteiger partial charge < -0.3 is 55.5 Å². The normalized spacial score (nSPS) is 11.4. The number of nitrogens with one attached hydrogen (secondary N) is 4. The van der Waals surface area contributed by atoms with Crippen molar-refractivity contribution in [3.8, 4) is 0 Å². The maximum Gasteiger partial charge on any atom is 0.322 e. The Morgan fingerprint density at radius 2 is 0.836 bits per heavy atom. The van der Waals surface area contributed by atoms with Crippen LogP contribution in [-0.2, 0) is 52.5 Å². The van der Waals surface area contributed by atoms with Crippen LogP contribution in [0.1, 0.15) is 116 Å². The first-order valence-corrected chi connectivity index (χ1v) is 19.6. The fourth-order valence-corrected chi connectivity index (χ4v) is 5.16. The van der Waals surface area contributed by atoms with Gasteiger partial charge in [0.2, 0.25) is 23.6 Å². The van der Waals surface area contributed by atoms with E-state index >= 15 is 0 Å². The molecule has 0 bridgehead atoms. The van der Waals surface area contributed by atoms with Crippen molar-refractivity contribution in [3.05, 3.63) is 0 Å². The van der Waals surface area contributed by atoms with Crippen molar-refractivity contribution >= 4 is 41.5 Å². The zero-order chi connectivity index (χ0) is 40.8. The summed E-state index contributed by atoms with van der Waals surface area (Å²) in [4.78, 5) is 80.2. The number of carbonyl (C=O) groups excluding carboxylic acids is 4. The second-order valence-corrected chi connectivity index (χ2v) is 13.0. The molecule has 18 heteroatoms. The Morgan fingerprint density at radius 1 is 0.418 bits per heavy atom. The van der Waals surface area contributed by atoms with E-state index in [4.69, 9.17) is 34.3 Å². The average Bonchev–Trinajstić information content (AvgIpc) is 3.13. The number of unbranched alkanes of at least 4 members (excludes halogenated alkanes) is 13. The highest BCUT2D eigenvalue weighted by Crippen LogP contribution is 2.14. The van der Waals surface area contributed by atoms with E-state index in [1.54, 1.807) is 0 Å². The quantitative estimate of drug-likeness (QED) is 0.0439. The second kappa shape index (κ2) is 37.1. The summed E-state index contributed by atoms with van der Waals surface area (Å²) in [5, 5.41) is 36.3. The maximum absolute atomic E-state index is 12.7. The smallest absolute Gasteiger partial charge is 0.322 e. The summed E-state index contributed by atoms with van der Waals surface area (Å²) >= 11 is 0. The van der Waals surface area contributed by atoms with Gasteiger partial charge in [0.25, 0.3) is 0 Å².